The Bertz CT molecular complexity index is 2750. The van der Waals surface area contributed by atoms with E-state index in [0.717, 1.165) is 55.4 Å². The van der Waals surface area contributed by atoms with Gasteiger partial charge in [-0.05, 0) is 130 Å². The van der Waals surface area contributed by atoms with Gasteiger partial charge in [-0.25, -0.2) is 4.79 Å². The maximum Gasteiger partial charge on any atom is 2.00 e. The van der Waals surface area contributed by atoms with Gasteiger partial charge in [-0.15, -0.1) is 22.1 Å². The normalized spacial score (nSPS) is 17.8. The van der Waals surface area contributed by atoms with Crippen molar-refractivity contribution in [3.8, 4) is 0 Å². The number of allylic oxidation sites excluding steroid dienone is 9. The molecule has 0 saturated heterocycles. The molecule has 0 unspecified atom stereocenters. The molecule has 0 fully saturated rings. The molecule has 11 heteroatoms. The molecule has 8 bridgehead atoms. The average molecular weight is 902 g/mol. The van der Waals surface area contributed by atoms with Gasteiger partial charge >= 0.3 is 35.0 Å². The van der Waals surface area contributed by atoms with Crippen LogP contribution in [0.25, 0.3) is 39.0 Å². The Hall–Kier alpha value is -5.26. The molecule has 0 saturated carbocycles. The summed E-state index contributed by atoms with van der Waals surface area (Å²) in [5.74, 6) is -2.49. The first-order valence-corrected chi connectivity index (χ1v) is 23.1. The number of Topliss-reactive ketones (excluding diaryl/α,β-unsaturated/α-hetero) is 1. The summed E-state index contributed by atoms with van der Waals surface area (Å²) in [5, 5.41) is 14.3. The fraction of sp³-hybridized carbons (Fsp3) is 0.436. The van der Waals surface area contributed by atoms with Crippen LogP contribution in [0.5, 0.6) is 0 Å². The third-order valence-electron chi connectivity index (χ3n) is 13.2. The number of fused-ring (bicyclic) bond motifs is 8. The molecule has 2 aliphatic heterocycles. The molecule has 0 amide bonds. The summed E-state index contributed by atoms with van der Waals surface area (Å²) in [7, 11) is 1.25. The molecule has 1 aliphatic carbocycles. The number of hydrogen-bond acceptors (Lipinski definition) is 8. The van der Waals surface area contributed by atoms with Crippen molar-refractivity contribution in [3.63, 3.8) is 0 Å². The van der Waals surface area contributed by atoms with Crippen molar-refractivity contribution in [2.75, 3.05) is 13.7 Å². The minimum absolute atomic E-state index is 0. The molecule has 66 heavy (non-hydrogen) atoms. The first-order chi connectivity index (χ1) is 30.9. The van der Waals surface area contributed by atoms with E-state index in [4.69, 9.17) is 29.4 Å². The second-order valence-corrected chi connectivity index (χ2v) is 18.3. The Morgan fingerprint density at radius 2 is 1.36 bits per heavy atom. The average Bonchev–Trinajstić information content (AvgIpc) is 4.00. The van der Waals surface area contributed by atoms with Crippen molar-refractivity contribution in [1.82, 2.24) is 19.9 Å². The Kier molecular flexibility index (Phi) is 17.6. The van der Waals surface area contributed by atoms with Gasteiger partial charge in [0.25, 0.3) is 0 Å². The van der Waals surface area contributed by atoms with Gasteiger partial charge in [0.15, 0.2) is 5.78 Å². The van der Waals surface area contributed by atoms with Gasteiger partial charge in [0.05, 0.1) is 24.1 Å². The number of ether oxygens (including phenoxy) is 2. The van der Waals surface area contributed by atoms with Gasteiger partial charge in [0, 0.05) is 41.1 Å². The Labute approximate surface area is 407 Å². The van der Waals surface area contributed by atoms with Gasteiger partial charge in [0.1, 0.15) is 6.61 Å². The Morgan fingerprint density at radius 1 is 0.758 bits per heavy atom. The molecule has 6 rings (SSSR count). The van der Waals surface area contributed by atoms with Gasteiger partial charge in [0.2, 0.25) is 0 Å². The molecule has 3 aliphatic rings. The number of carbonyl (C=O) groups is 3. The van der Waals surface area contributed by atoms with Crippen LogP contribution in [0, 0.1) is 13.8 Å². The van der Waals surface area contributed by atoms with E-state index in [9.17, 15) is 19.5 Å². The molecule has 3 aromatic rings. The number of aryl methyl sites for hydroxylation is 2. The van der Waals surface area contributed by atoms with Gasteiger partial charge < -0.3 is 24.5 Å². The van der Waals surface area contributed by atoms with Crippen molar-refractivity contribution in [1.29, 1.82) is 0 Å². The van der Waals surface area contributed by atoms with E-state index in [1.54, 1.807) is 0 Å². The second-order valence-electron chi connectivity index (χ2n) is 18.3. The van der Waals surface area contributed by atoms with Crippen LogP contribution in [0.1, 0.15) is 187 Å². The van der Waals surface area contributed by atoms with E-state index in [2.05, 4.69) is 59.8 Å². The quantitative estimate of drug-likeness (QED) is 0.0589. The molecule has 3 aromatic heterocycles. The fourth-order valence-electron chi connectivity index (χ4n) is 9.28. The van der Waals surface area contributed by atoms with Crippen molar-refractivity contribution < 1.29 is 29.0 Å². The zero-order valence-electron chi connectivity index (χ0n) is 41.2. The number of carbonyl (C=O) groups excluding carboxylic acids is 3. The minimum Gasteiger partial charge on any atom is -0.871 e. The van der Waals surface area contributed by atoms with E-state index in [1.807, 2.05) is 58.0 Å². The van der Waals surface area contributed by atoms with Gasteiger partial charge in [-0.2, -0.15) is 0 Å². The summed E-state index contributed by atoms with van der Waals surface area (Å²) in [6.45, 7) is 22.2. The number of ketones is 1. The van der Waals surface area contributed by atoms with Crippen LogP contribution in [0.2, 0.25) is 0 Å². The summed E-state index contributed by atoms with van der Waals surface area (Å²) in [6.07, 6.45) is 17.4. The van der Waals surface area contributed by atoms with Crippen LogP contribution in [-0.2, 0) is 19.1 Å². The van der Waals surface area contributed by atoms with Crippen LogP contribution >= 0.6 is 0 Å². The van der Waals surface area contributed by atoms with E-state index >= 15 is 0 Å². The number of nitrogens with zero attached hydrogens (tertiary/aromatic N) is 4. The predicted molar refractivity (Wildman–Crippen MR) is 265 cm³/mol. The number of aromatic nitrogens is 4. The Morgan fingerprint density at radius 3 is 1.97 bits per heavy atom. The zero-order chi connectivity index (χ0) is 47.3. The molecular formula is C55H65MgN4O6-. The van der Waals surface area contributed by atoms with Crippen molar-refractivity contribution >= 4 is 79.7 Å². The van der Waals surface area contributed by atoms with E-state index < -0.39 is 17.6 Å². The fourth-order valence-corrected chi connectivity index (χ4v) is 9.28. The van der Waals surface area contributed by atoms with Crippen molar-refractivity contribution in [2.45, 2.75) is 145 Å². The van der Waals surface area contributed by atoms with E-state index in [0.29, 0.717) is 73.4 Å². The summed E-state index contributed by atoms with van der Waals surface area (Å²) in [4.78, 5) is 60.3. The van der Waals surface area contributed by atoms with E-state index in [1.165, 1.54) is 30.8 Å². The third-order valence-corrected chi connectivity index (χ3v) is 13.2. The SMILES string of the molecule is C/C=C1/c2cc3[n-]c4c(c5nc(cc6[n-]c(cc(n2)[C@@H]1C)c(C(C)=O)c6C)[C@@H](C)[C@@H]5CCC(=O)OC/C=C(\C)CC/C=C(\C)CC/C=C(\C)CCC=C(C)C)C(C(=O)OC)=C([O-])c4c3C.[Mg+2]. The standard InChI is InChI=1S/C55H68N4O6.Mg/c1-13-39-34(7)41-29-46-48(38(11)60)36(9)43(57-46)27-42-35(8)40(52(58-42)50-51(55(63)64-12)54(62)49-37(10)44(59-53(49)50)28-45(39)56-41)23-24-47(61)65-26-25-33(6)22-16-21-32(5)20-15-19-31(4)18-14-17-30(2)3;/h13,17,19,21,25,27-29,34-35,40H,14-16,18,20,22-24,26H2,1-12H3,(H3,56,57,58,59,60,62,63);/q;+2/p-3/b31-19+,32-21+,33-25+,39-13+;/t34-,35+,40+;/m1./s1. The number of esters is 2. The maximum absolute atomic E-state index is 14.3. The summed E-state index contributed by atoms with van der Waals surface area (Å²) >= 11 is 0. The molecule has 0 N–H and O–H groups in total. The molecule has 344 valence electrons. The third kappa shape index (κ3) is 11.3. The van der Waals surface area contributed by atoms with Crippen LogP contribution in [0.15, 0.2) is 70.9 Å². The second kappa shape index (κ2) is 22.5. The van der Waals surface area contributed by atoms with Crippen LogP contribution in [-0.4, -0.2) is 64.5 Å². The molecular weight excluding hydrogens is 837 g/mol. The zero-order valence-corrected chi connectivity index (χ0v) is 42.6. The monoisotopic (exact) mass is 901 g/mol. The largest absolute Gasteiger partial charge is 2.00 e. The number of hydrogen-bond donors (Lipinski definition) is 0. The summed E-state index contributed by atoms with van der Waals surface area (Å²) in [5.41, 5.74) is 13.3. The minimum atomic E-state index is -0.779. The number of rotatable bonds is 16. The maximum atomic E-state index is 14.3. The van der Waals surface area contributed by atoms with E-state index in [-0.39, 0.29) is 65.2 Å². The van der Waals surface area contributed by atoms with Crippen molar-refractivity contribution in [2.24, 2.45) is 0 Å². The Balaban J connectivity index is 0.00000817. The molecule has 5 heterocycles. The molecule has 0 aromatic carbocycles. The smallest absolute Gasteiger partial charge is 0.871 e. The number of methoxy groups -OCH3 is 1. The molecule has 0 spiro atoms. The van der Waals surface area contributed by atoms with Crippen molar-refractivity contribution in [3.05, 3.63) is 121 Å². The van der Waals surface area contributed by atoms with Gasteiger partial charge in [-0.3, -0.25) is 19.6 Å². The molecule has 10 nitrogen and oxygen atoms in total. The summed E-state index contributed by atoms with van der Waals surface area (Å²) in [6, 6.07) is 5.63. The summed E-state index contributed by atoms with van der Waals surface area (Å²) < 4.78 is 10.9. The van der Waals surface area contributed by atoms with Crippen LogP contribution in [0.3, 0.4) is 0 Å². The van der Waals surface area contributed by atoms with Crippen LogP contribution < -0.4 is 15.1 Å². The first kappa shape index (κ1) is 51.7. The molecule has 0 radical (unpaired) electrons. The molecule has 3 atom stereocenters. The predicted octanol–water partition coefficient (Wildman–Crippen LogP) is 11.3. The topological polar surface area (TPSA) is 147 Å². The first-order valence-electron chi connectivity index (χ1n) is 23.1. The van der Waals surface area contributed by atoms with Crippen LogP contribution in [0.4, 0.5) is 0 Å². The van der Waals surface area contributed by atoms with Gasteiger partial charge in [-0.1, -0.05) is 95.5 Å².